The lowest BCUT2D eigenvalue weighted by Gasteiger charge is -2.24. The number of likely N-dealkylation sites (tertiary alicyclic amines) is 1. The quantitative estimate of drug-likeness (QED) is 0.868. The van der Waals surface area contributed by atoms with Crippen molar-refractivity contribution < 1.29 is 14.6 Å². The fraction of sp³-hybridized carbons (Fsp3) is 0.526. The molecule has 1 heterocycles. The summed E-state index contributed by atoms with van der Waals surface area (Å²) in [5.41, 5.74) is 0.439. The molecular formula is C19H25NO3. The molecule has 0 bridgehead atoms. The summed E-state index contributed by atoms with van der Waals surface area (Å²) in [6, 6.07) is 7.41. The van der Waals surface area contributed by atoms with Crippen LogP contribution < -0.4 is 0 Å². The molecule has 124 valence electrons. The van der Waals surface area contributed by atoms with Gasteiger partial charge in [-0.2, -0.15) is 0 Å². The van der Waals surface area contributed by atoms with Crippen LogP contribution in [0, 0.1) is 11.8 Å². The fourth-order valence-electron chi connectivity index (χ4n) is 2.62. The largest absolute Gasteiger partial charge is 0.380 e. The summed E-state index contributed by atoms with van der Waals surface area (Å²) in [4.78, 5) is 14.6. The lowest BCUT2D eigenvalue weighted by atomic mass is 10.1. The van der Waals surface area contributed by atoms with E-state index < -0.39 is 5.60 Å². The zero-order valence-electron chi connectivity index (χ0n) is 14.1. The molecule has 0 aromatic heterocycles. The van der Waals surface area contributed by atoms with Gasteiger partial charge >= 0.3 is 0 Å². The first-order valence-corrected chi connectivity index (χ1v) is 8.15. The second-order valence-electron chi connectivity index (χ2n) is 6.34. The summed E-state index contributed by atoms with van der Waals surface area (Å²) in [6.45, 7) is 7.32. The van der Waals surface area contributed by atoms with Crippen molar-refractivity contribution in [2.45, 2.75) is 45.3 Å². The van der Waals surface area contributed by atoms with Gasteiger partial charge in [-0.25, -0.2) is 0 Å². The van der Waals surface area contributed by atoms with Crippen LogP contribution in [0.1, 0.15) is 49.5 Å². The highest BCUT2D eigenvalue weighted by Gasteiger charge is 2.29. The van der Waals surface area contributed by atoms with Gasteiger partial charge in [0.25, 0.3) is 5.91 Å². The number of hydrogen-bond donors (Lipinski definition) is 1. The molecule has 1 saturated heterocycles. The van der Waals surface area contributed by atoms with Gasteiger partial charge in [0.15, 0.2) is 0 Å². The monoisotopic (exact) mass is 315 g/mol. The number of carbonyl (C=O) groups is 1. The normalized spacial score (nSPS) is 17.7. The Balaban J connectivity index is 2.06. The first-order valence-electron chi connectivity index (χ1n) is 8.15. The molecule has 1 aromatic carbocycles. The smallest absolute Gasteiger partial charge is 0.254 e. The van der Waals surface area contributed by atoms with Gasteiger partial charge in [-0.05, 0) is 57.9 Å². The average molecular weight is 315 g/mol. The minimum atomic E-state index is -1.02. The first-order chi connectivity index (χ1) is 10.9. The van der Waals surface area contributed by atoms with Crippen molar-refractivity contribution in [1.29, 1.82) is 0 Å². The lowest BCUT2D eigenvalue weighted by Crippen LogP contribution is -2.38. The van der Waals surface area contributed by atoms with Crippen LogP contribution in [-0.2, 0) is 4.74 Å². The molecular weight excluding hydrogens is 290 g/mol. The van der Waals surface area contributed by atoms with Gasteiger partial charge in [0.2, 0.25) is 0 Å². The Bertz CT molecular complexity index is 590. The number of aliphatic hydroxyl groups is 1. The first kappa shape index (κ1) is 17.5. The molecule has 1 aliphatic rings. The summed E-state index contributed by atoms with van der Waals surface area (Å²) in [6.07, 6.45) is 2.03. The van der Waals surface area contributed by atoms with Crippen molar-refractivity contribution in [2.24, 2.45) is 0 Å². The van der Waals surface area contributed by atoms with Crippen molar-refractivity contribution in [1.82, 2.24) is 4.90 Å². The maximum absolute atomic E-state index is 12.6. The van der Waals surface area contributed by atoms with Crippen LogP contribution >= 0.6 is 0 Å². The molecule has 1 unspecified atom stereocenters. The van der Waals surface area contributed by atoms with Crippen LogP contribution in [0.2, 0.25) is 0 Å². The molecule has 0 radical (unpaired) electrons. The van der Waals surface area contributed by atoms with Gasteiger partial charge in [0.05, 0.1) is 12.6 Å². The van der Waals surface area contributed by atoms with E-state index in [0.29, 0.717) is 18.8 Å². The standard InChI is InChI=1S/C19H25NO3/c1-4-23-14-17-6-5-13-20(17)18(21)16-9-7-15(8-10-16)11-12-19(2,3)22/h7-10,17,22H,4-6,13-14H2,1-3H3. The predicted molar refractivity (Wildman–Crippen MR) is 90.2 cm³/mol. The van der Waals surface area contributed by atoms with Crippen molar-refractivity contribution in [2.75, 3.05) is 19.8 Å². The number of hydrogen-bond acceptors (Lipinski definition) is 3. The highest BCUT2D eigenvalue weighted by Crippen LogP contribution is 2.20. The van der Waals surface area contributed by atoms with E-state index in [1.807, 2.05) is 24.0 Å². The van der Waals surface area contributed by atoms with Crippen LogP contribution in [0.5, 0.6) is 0 Å². The van der Waals surface area contributed by atoms with E-state index in [-0.39, 0.29) is 11.9 Å². The maximum atomic E-state index is 12.6. The molecule has 23 heavy (non-hydrogen) atoms. The zero-order valence-corrected chi connectivity index (χ0v) is 14.1. The number of benzene rings is 1. The predicted octanol–water partition coefficient (Wildman–Crippen LogP) is 2.45. The summed E-state index contributed by atoms with van der Waals surface area (Å²) in [7, 11) is 0. The Morgan fingerprint density at radius 3 is 2.70 bits per heavy atom. The zero-order chi connectivity index (χ0) is 16.9. The molecule has 4 heteroatoms. The minimum absolute atomic E-state index is 0.0502. The summed E-state index contributed by atoms with van der Waals surface area (Å²) >= 11 is 0. The Labute approximate surface area is 138 Å². The van der Waals surface area contributed by atoms with E-state index >= 15 is 0 Å². The Morgan fingerprint density at radius 2 is 2.09 bits per heavy atom. The molecule has 1 aliphatic heterocycles. The fourth-order valence-corrected chi connectivity index (χ4v) is 2.62. The number of nitrogens with zero attached hydrogens (tertiary/aromatic N) is 1. The van der Waals surface area contributed by atoms with Crippen molar-refractivity contribution in [3.63, 3.8) is 0 Å². The number of ether oxygens (including phenoxy) is 1. The van der Waals surface area contributed by atoms with Crippen LogP contribution in [0.3, 0.4) is 0 Å². The Kier molecular flexibility index (Phi) is 5.81. The molecule has 0 spiro atoms. The second kappa shape index (κ2) is 7.63. The second-order valence-corrected chi connectivity index (χ2v) is 6.34. The van der Waals surface area contributed by atoms with E-state index in [1.54, 1.807) is 26.0 Å². The number of amides is 1. The molecule has 1 aromatic rings. The topological polar surface area (TPSA) is 49.8 Å². The van der Waals surface area contributed by atoms with Crippen LogP contribution in [-0.4, -0.2) is 47.3 Å². The lowest BCUT2D eigenvalue weighted by molar-refractivity contribution is 0.0564. The third kappa shape index (κ3) is 5.09. The molecule has 2 rings (SSSR count). The van der Waals surface area contributed by atoms with Crippen LogP contribution in [0.4, 0.5) is 0 Å². The molecule has 1 N–H and O–H groups in total. The van der Waals surface area contributed by atoms with E-state index in [2.05, 4.69) is 11.8 Å². The number of rotatable bonds is 4. The third-order valence-electron chi connectivity index (χ3n) is 3.80. The molecule has 0 saturated carbocycles. The van der Waals surface area contributed by atoms with E-state index in [1.165, 1.54) is 0 Å². The van der Waals surface area contributed by atoms with Gasteiger partial charge in [-0.15, -0.1) is 0 Å². The van der Waals surface area contributed by atoms with E-state index in [4.69, 9.17) is 4.74 Å². The van der Waals surface area contributed by atoms with Crippen LogP contribution in [0.25, 0.3) is 0 Å². The van der Waals surface area contributed by atoms with Gasteiger partial charge in [0.1, 0.15) is 5.60 Å². The minimum Gasteiger partial charge on any atom is -0.380 e. The summed E-state index contributed by atoms with van der Waals surface area (Å²) in [5, 5.41) is 9.62. The molecule has 4 nitrogen and oxygen atoms in total. The van der Waals surface area contributed by atoms with Crippen LogP contribution in [0.15, 0.2) is 24.3 Å². The van der Waals surface area contributed by atoms with Gasteiger partial charge in [0, 0.05) is 24.3 Å². The van der Waals surface area contributed by atoms with Crippen molar-refractivity contribution in [3.05, 3.63) is 35.4 Å². The summed E-state index contributed by atoms with van der Waals surface area (Å²) in [5.74, 6) is 5.73. The molecule has 1 amide bonds. The number of carbonyl (C=O) groups excluding carboxylic acids is 1. The van der Waals surface area contributed by atoms with Gasteiger partial charge in [-0.3, -0.25) is 4.79 Å². The molecule has 0 aliphatic carbocycles. The van der Waals surface area contributed by atoms with E-state index in [0.717, 1.165) is 24.9 Å². The highest BCUT2D eigenvalue weighted by molar-refractivity contribution is 5.94. The van der Waals surface area contributed by atoms with Crippen molar-refractivity contribution in [3.8, 4) is 11.8 Å². The SMILES string of the molecule is CCOCC1CCCN1C(=O)c1ccc(C#CC(C)(C)O)cc1. The average Bonchev–Trinajstić information content (AvgIpc) is 2.98. The molecule has 1 fully saturated rings. The van der Waals surface area contributed by atoms with Gasteiger partial charge in [-0.1, -0.05) is 11.8 Å². The maximum Gasteiger partial charge on any atom is 0.254 e. The van der Waals surface area contributed by atoms with Crippen molar-refractivity contribution >= 4 is 5.91 Å². The van der Waals surface area contributed by atoms with E-state index in [9.17, 15) is 9.90 Å². The Morgan fingerprint density at radius 1 is 1.39 bits per heavy atom. The summed E-state index contributed by atoms with van der Waals surface area (Å²) < 4.78 is 5.48. The Hall–Kier alpha value is -1.83. The third-order valence-corrected chi connectivity index (χ3v) is 3.80. The van der Waals surface area contributed by atoms with Gasteiger partial charge < -0.3 is 14.7 Å². The molecule has 1 atom stereocenters. The highest BCUT2D eigenvalue weighted by atomic mass is 16.5.